The molecule has 15 heavy (non-hydrogen) atoms. The molecule has 0 aliphatic rings. The average Bonchev–Trinajstić information content (AvgIpc) is 2.64. The van der Waals surface area contributed by atoms with Gasteiger partial charge >= 0.3 is 0 Å². The van der Waals surface area contributed by atoms with E-state index in [-0.39, 0.29) is 5.78 Å². The van der Waals surface area contributed by atoms with Gasteiger partial charge < -0.3 is 10.2 Å². The Kier molecular flexibility index (Phi) is 2.25. The first-order chi connectivity index (χ1) is 7.20. The molecule has 0 spiro atoms. The highest BCUT2D eigenvalue weighted by Crippen LogP contribution is 2.18. The normalized spacial score (nSPS) is 10.2. The number of rotatable bonds is 2. The smallest absolute Gasteiger partial charge is 0.232 e. The minimum absolute atomic E-state index is 0.233. The first kappa shape index (κ1) is 9.45. The second-order valence-corrected chi connectivity index (χ2v) is 3.22. The van der Waals surface area contributed by atoms with E-state index in [9.17, 15) is 4.79 Å². The molecule has 2 aromatic heterocycles. The number of hydrogen-bond donors (Lipinski definition) is 1. The molecule has 0 radical (unpaired) electrons. The van der Waals surface area contributed by atoms with Crippen molar-refractivity contribution < 1.29 is 9.21 Å². The molecular weight excluding hydrogens is 192 g/mol. The standard InChI is InChI=1S/C11H10N2O2/c1-7-3-5-15-11(7)10(14)8-6-13-4-2-9(8)12/h2-6H,1H3,(H2,12,13). The van der Waals surface area contributed by atoms with Crippen molar-refractivity contribution in [3.63, 3.8) is 0 Å². The summed E-state index contributed by atoms with van der Waals surface area (Å²) in [5, 5.41) is 0. The molecular formula is C11H10N2O2. The maximum Gasteiger partial charge on any atom is 0.232 e. The van der Waals surface area contributed by atoms with E-state index in [0.29, 0.717) is 17.0 Å². The fraction of sp³-hybridized carbons (Fsp3) is 0.0909. The third-order valence-corrected chi connectivity index (χ3v) is 2.17. The molecule has 0 aromatic carbocycles. The maximum absolute atomic E-state index is 11.9. The zero-order valence-electron chi connectivity index (χ0n) is 8.23. The first-order valence-electron chi connectivity index (χ1n) is 4.48. The van der Waals surface area contributed by atoms with E-state index in [1.54, 1.807) is 18.3 Å². The summed E-state index contributed by atoms with van der Waals surface area (Å²) in [6.45, 7) is 1.81. The van der Waals surface area contributed by atoms with E-state index >= 15 is 0 Å². The van der Waals surface area contributed by atoms with Crippen LogP contribution in [-0.4, -0.2) is 10.8 Å². The van der Waals surface area contributed by atoms with Crippen molar-refractivity contribution in [2.75, 3.05) is 5.73 Å². The second kappa shape index (κ2) is 3.57. The molecule has 0 saturated heterocycles. The van der Waals surface area contributed by atoms with Gasteiger partial charge in [-0.25, -0.2) is 0 Å². The molecule has 4 nitrogen and oxygen atoms in total. The lowest BCUT2D eigenvalue weighted by Gasteiger charge is -2.01. The molecule has 2 heterocycles. The molecule has 4 heteroatoms. The highest BCUT2D eigenvalue weighted by atomic mass is 16.3. The number of nitrogens with zero attached hydrogens (tertiary/aromatic N) is 1. The SMILES string of the molecule is Cc1ccoc1C(=O)c1cnccc1N. The number of nitrogen functional groups attached to an aromatic ring is 1. The van der Waals surface area contributed by atoms with Crippen LogP contribution in [0.1, 0.15) is 21.7 Å². The van der Waals surface area contributed by atoms with E-state index in [1.165, 1.54) is 12.5 Å². The number of anilines is 1. The summed E-state index contributed by atoms with van der Waals surface area (Å²) >= 11 is 0. The van der Waals surface area contributed by atoms with Gasteiger partial charge in [-0.2, -0.15) is 0 Å². The lowest BCUT2D eigenvalue weighted by atomic mass is 10.1. The van der Waals surface area contributed by atoms with Gasteiger partial charge in [0.1, 0.15) is 0 Å². The molecule has 0 bridgehead atoms. The Balaban J connectivity index is 2.46. The van der Waals surface area contributed by atoms with Crippen molar-refractivity contribution >= 4 is 11.5 Å². The quantitative estimate of drug-likeness (QED) is 0.754. The van der Waals surface area contributed by atoms with E-state index < -0.39 is 0 Å². The Labute approximate surface area is 86.7 Å². The van der Waals surface area contributed by atoms with Crippen LogP contribution in [0.4, 0.5) is 5.69 Å². The summed E-state index contributed by atoms with van der Waals surface area (Å²) in [6, 6.07) is 3.32. The van der Waals surface area contributed by atoms with Crippen LogP contribution >= 0.6 is 0 Å². The van der Waals surface area contributed by atoms with Crippen molar-refractivity contribution in [1.29, 1.82) is 0 Å². The molecule has 0 aliphatic heterocycles. The molecule has 76 valence electrons. The monoisotopic (exact) mass is 202 g/mol. The third kappa shape index (κ3) is 1.61. The lowest BCUT2D eigenvalue weighted by Crippen LogP contribution is -2.05. The van der Waals surface area contributed by atoms with Crippen LogP contribution in [0.15, 0.2) is 35.2 Å². The fourth-order valence-electron chi connectivity index (χ4n) is 1.32. The van der Waals surface area contributed by atoms with Gasteiger partial charge in [0.2, 0.25) is 5.78 Å². The molecule has 0 unspecified atom stereocenters. The summed E-state index contributed by atoms with van der Waals surface area (Å²) in [6.07, 6.45) is 4.47. The Bertz CT molecular complexity index is 503. The van der Waals surface area contributed by atoms with Gasteiger partial charge in [0, 0.05) is 18.1 Å². The fourth-order valence-corrected chi connectivity index (χ4v) is 1.32. The summed E-state index contributed by atoms with van der Waals surface area (Å²) in [7, 11) is 0. The minimum atomic E-state index is -0.233. The molecule has 2 aromatic rings. The zero-order valence-corrected chi connectivity index (χ0v) is 8.23. The number of nitrogens with two attached hydrogens (primary N) is 1. The minimum Gasteiger partial charge on any atom is -0.461 e. The Hall–Kier alpha value is -2.10. The van der Waals surface area contributed by atoms with Gasteiger partial charge in [-0.05, 0) is 24.6 Å². The van der Waals surface area contributed by atoms with Crippen LogP contribution < -0.4 is 5.73 Å². The zero-order chi connectivity index (χ0) is 10.8. The number of hydrogen-bond acceptors (Lipinski definition) is 4. The number of ketones is 1. The molecule has 0 fully saturated rings. The van der Waals surface area contributed by atoms with Crippen molar-refractivity contribution in [1.82, 2.24) is 4.98 Å². The van der Waals surface area contributed by atoms with Crippen molar-refractivity contribution in [2.24, 2.45) is 0 Å². The molecule has 0 aliphatic carbocycles. The highest BCUT2D eigenvalue weighted by Gasteiger charge is 2.17. The summed E-state index contributed by atoms with van der Waals surface area (Å²) in [4.78, 5) is 15.8. The number of pyridine rings is 1. The van der Waals surface area contributed by atoms with Crippen LogP contribution in [-0.2, 0) is 0 Å². The number of aromatic nitrogens is 1. The van der Waals surface area contributed by atoms with Crippen molar-refractivity contribution in [3.8, 4) is 0 Å². The van der Waals surface area contributed by atoms with Crippen LogP contribution in [0.5, 0.6) is 0 Å². The Morgan fingerprint density at radius 2 is 2.27 bits per heavy atom. The van der Waals surface area contributed by atoms with Gasteiger partial charge in [0.25, 0.3) is 0 Å². The van der Waals surface area contributed by atoms with Crippen LogP contribution in [0.2, 0.25) is 0 Å². The summed E-state index contributed by atoms with van der Waals surface area (Å²) in [5.74, 6) is 0.0813. The van der Waals surface area contributed by atoms with Crippen molar-refractivity contribution in [2.45, 2.75) is 6.92 Å². The number of furan rings is 1. The van der Waals surface area contributed by atoms with Gasteiger partial charge in [0.15, 0.2) is 5.76 Å². The van der Waals surface area contributed by atoms with Crippen LogP contribution in [0.3, 0.4) is 0 Å². The third-order valence-electron chi connectivity index (χ3n) is 2.17. The Morgan fingerprint density at radius 3 is 2.87 bits per heavy atom. The number of aryl methyl sites for hydroxylation is 1. The van der Waals surface area contributed by atoms with E-state index in [2.05, 4.69) is 4.98 Å². The second-order valence-electron chi connectivity index (χ2n) is 3.22. The van der Waals surface area contributed by atoms with Crippen LogP contribution in [0, 0.1) is 6.92 Å². The highest BCUT2D eigenvalue weighted by molar-refractivity contribution is 6.10. The summed E-state index contributed by atoms with van der Waals surface area (Å²) < 4.78 is 5.10. The van der Waals surface area contributed by atoms with Crippen molar-refractivity contribution in [3.05, 3.63) is 47.7 Å². The lowest BCUT2D eigenvalue weighted by molar-refractivity contribution is 0.101. The molecule has 0 amide bonds. The largest absolute Gasteiger partial charge is 0.461 e. The molecule has 2 N–H and O–H groups in total. The van der Waals surface area contributed by atoms with E-state index in [4.69, 9.17) is 10.2 Å². The van der Waals surface area contributed by atoms with Gasteiger partial charge in [-0.1, -0.05) is 0 Å². The predicted molar refractivity (Wildman–Crippen MR) is 55.5 cm³/mol. The van der Waals surface area contributed by atoms with E-state index in [0.717, 1.165) is 5.56 Å². The molecule has 0 saturated carbocycles. The first-order valence-corrected chi connectivity index (χ1v) is 4.48. The maximum atomic E-state index is 11.9. The summed E-state index contributed by atoms with van der Waals surface area (Å²) in [5.41, 5.74) is 7.25. The molecule has 0 atom stereocenters. The number of carbonyl (C=O) groups excluding carboxylic acids is 1. The van der Waals surface area contributed by atoms with Gasteiger partial charge in [0.05, 0.1) is 11.8 Å². The average molecular weight is 202 g/mol. The molecule has 2 rings (SSSR count). The van der Waals surface area contributed by atoms with Crippen LogP contribution in [0.25, 0.3) is 0 Å². The Morgan fingerprint density at radius 1 is 1.47 bits per heavy atom. The van der Waals surface area contributed by atoms with E-state index in [1.807, 2.05) is 6.92 Å². The topological polar surface area (TPSA) is 69.1 Å². The number of carbonyl (C=O) groups is 1. The van der Waals surface area contributed by atoms with Gasteiger partial charge in [-0.3, -0.25) is 9.78 Å². The van der Waals surface area contributed by atoms with Gasteiger partial charge in [-0.15, -0.1) is 0 Å². The predicted octanol–water partition coefficient (Wildman–Crippen LogP) is 1.80.